The van der Waals surface area contributed by atoms with E-state index in [0.29, 0.717) is 5.16 Å². The number of nitrogens with zero attached hydrogens (tertiary/aromatic N) is 2. The lowest BCUT2D eigenvalue weighted by Gasteiger charge is -1.97. The minimum absolute atomic E-state index is 0.192. The zero-order chi connectivity index (χ0) is 16.8. The molecule has 1 amide bonds. The number of thioether (sulfide) groups is 1. The first kappa shape index (κ1) is 16.1. The van der Waals surface area contributed by atoms with Gasteiger partial charge in [-0.3, -0.25) is 4.79 Å². The molecule has 0 aliphatic heterocycles. The van der Waals surface area contributed by atoms with E-state index in [4.69, 9.17) is 4.42 Å². The van der Waals surface area contributed by atoms with E-state index in [1.807, 2.05) is 49.4 Å². The third-order valence-electron chi connectivity index (χ3n) is 3.08. The number of allylic oxidation sites excluding steroid dienone is 1. The van der Waals surface area contributed by atoms with E-state index in [-0.39, 0.29) is 11.7 Å². The van der Waals surface area contributed by atoms with Gasteiger partial charge in [-0.05, 0) is 42.8 Å². The molecule has 1 aromatic carbocycles. The van der Waals surface area contributed by atoms with E-state index in [1.165, 1.54) is 11.8 Å². The van der Waals surface area contributed by atoms with Gasteiger partial charge in [0.05, 0.1) is 29.3 Å². The van der Waals surface area contributed by atoms with Crippen molar-refractivity contribution in [3.8, 4) is 0 Å². The first-order valence-electron chi connectivity index (χ1n) is 7.32. The SMILES string of the molecule is CC(/C=N/NC(=O)CSc1nc2ccccc2[nH]1)=C\c1ccco1. The lowest BCUT2D eigenvalue weighted by molar-refractivity contribution is -0.118. The maximum Gasteiger partial charge on any atom is 0.250 e. The summed E-state index contributed by atoms with van der Waals surface area (Å²) in [6, 6.07) is 11.4. The molecule has 2 N–H and O–H groups in total. The zero-order valence-corrected chi connectivity index (χ0v) is 13.8. The van der Waals surface area contributed by atoms with Gasteiger partial charge in [0.1, 0.15) is 5.76 Å². The Morgan fingerprint density at radius 1 is 1.38 bits per heavy atom. The number of carbonyl (C=O) groups excluding carboxylic acids is 1. The Morgan fingerprint density at radius 3 is 3.04 bits per heavy atom. The molecule has 0 fully saturated rings. The second kappa shape index (κ2) is 7.65. The maximum absolute atomic E-state index is 11.8. The van der Waals surface area contributed by atoms with Crippen molar-refractivity contribution < 1.29 is 9.21 Å². The monoisotopic (exact) mass is 340 g/mol. The minimum atomic E-state index is -0.192. The Balaban J connectivity index is 1.48. The number of hydrogen-bond donors (Lipinski definition) is 2. The average Bonchev–Trinajstić information content (AvgIpc) is 3.21. The summed E-state index contributed by atoms with van der Waals surface area (Å²) in [6.45, 7) is 1.88. The molecule has 0 unspecified atom stereocenters. The van der Waals surface area contributed by atoms with Gasteiger partial charge in [0, 0.05) is 0 Å². The van der Waals surface area contributed by atoms with E-state index >= 15 is 0 Å². The molecule has 0 atom stereocenters. The summed E-state index contributed by atoms with van der Waals surface area (Å²) < 4.78 is 5.20. The highest BCUT2D eigenvalue weighted by Gasteiger charge is 2.06. The lowest BCUT2D eigenvalue weighted by atomic mass is 10.3. The van der Waals surface area contributed by atoms with Gasteiger partial charge in [-0.1, -0.05) is 23.9 Å². The van der Waals surface area contributed by atoms with Crippen molar-refractivity contribution in [2.75, 3.05) is 5.75 Å². The molecule has 0 saturated heterocycles. The molecule has 0 aliphatic carbocycles. The molecule has 2 heterocycles. The third kappa shape index (κ3) is 4.36. The van der Waals surface area contributed by atoms with Gasteiger partial charge in [0.15, 0.2) is 5.16 Å². The quantitative estimate of drug-likeness (QED) is 0.409. The molecule has 2 aromatic heterocycles. The molecular formula is C17H16N4O2S. The summed E-state index contributed by atoms with van der Waals surface area (Å²) in [4.78, 5) is 19.4. The molecule has 7 heteroatoms. The Kier molecular flexibility index (Phi) is 5.12. The first-order valence-corrected chi connectivity index (χ1v) is 8.30. The molecule has 0 radical (unpaired) electrons. The standard InChI is InChI=1S/C17H16N4O2S/c1-12(9-13-5-4-8-23-13)10-18-21-16(22)11-24-17-19-14-6-2-3-7-15(14)20-17/h2-10H,11H2,1H3,(H,19,20)(H,21,22)/b12-9+,18-10+. The smallest absolute Gasteiger partial charge is 0.250 e. The molecule has 3 rings (SSSR count). The van der Waals surface area contributed by atoms with Crippen LogP contribution in [0.1, 0.15) is 12.7 Å². The van der Waals surface area contributed by atoms with Crippen molar-refractivity contribution in [3.05, 3.63) is 54.0 Å². The van der Waals surface area contributed by atoms with Gasteiger partial charge < -0.3 is 9.40 Å². The first-order chi connectivity index (χ1) is 11.7. The molecule has 3 aromatic rings. The minimum Gasteiger partial charge on any atom is -0.465 e. The summed E-state index contributed by atoms with van der Waals surface area (Å²) in [5.74, 6) is 0.784. The zero-order valence-electron chi connectivity index (χ0n) is 13.0. The molecule has 24 heavy (non-hydrogen) atoms. The van der Waals surface area contributed by atoms with Crippen LogP contribution in [-0.2, 0) is 4.79 Å². The van der Waals surface area contributed by atoms with E-state index in [1.54, 1.807) is 12.5 Å². The van der Waals surface area contributed by atoms with E-state index in [2.05, 4.69) is 20.5 Å². The van der Waals surface area contributed by atoms with Gasteiger partial charge in [-0.25, -0.2) is 10.4 Å². The lowest BCUT2D eigenvalue weighted by Crippen LogP contribution is -2.19. The Morgan fingerprint density at radius 2 is 2.25 bits per heavy atom. The van der Waals surface area contributed by atoms with E-state index in [0.717, 1.165) is 22.4 Å². The van der Waals surface area contributed by atoms with Crippen LogP contribution in [0.2, 0.25) is 0 Å². The highest BCUT2D eigenvalue weighted by Crippen LogP contribution is 2.18. The summed E-state index contributed by atoms with van der Waals surface area (Å²) in [5, 5.41) is 4.64. The summed E-state index contributed by atoms with van der Waals surface area (Å²) >= 11 is 1.33. The third-order valence-corrected chi connectivity index (χ3v) is 3.95. The number of imidazole rings is 1. The molecule has 6 nitrogen and oxygen atoms in total. The van der Waals surface area contributed by atoms with Crippen molar-refractivity contribution >= 4 is 41.0 Å². The topological polar surface area (TPSA) is 83.3 Å². The fourth-order valence-electron chi connectivity index (χ4n) is 2.01. The number of benzene rings is 1. The van der Waals surface area contributed by atoms with Crippen molar-refractivity contribution in [2.24, 2.45) is 5.10 Å². The summed E-state index contributed by atoms with van der Waals surface area (Å²) in [5.41, 5.74) is 5.21. The Labute approximate surface area is 143 Å². The summed E-state index contributed by atoms with van der Waals surface area (Å²) in [6.07, 6.45) is 5.01. The van der Waals surface area contributed by atoms with Crippen LogP contribution in [0.15, 0.2) is 62.9 Å². The van der Waals surface area contributed by atoms with Crippen molar-refractivity contribution in [3.63, 3.8) is 0 Å². The Hall–Kier alpha value is -2.80. The fraction of sp³-hybridized carbons (Fsp3) is 0.118. The van der Waals surface area contributed by atoms with Gasteiger partial charge >= 0.3 is 0 Å². The van der Waals surface area contributed by atoms with Crippen LogP contribution in [-0.4, -0.2) is 27.8 Å². The number of aromatic amines is 1. The van der Waals surface area contributed by atoms with E-state index < -0.39 is 0 Å². The second-order valence-corrected chi connectivity index (χ2v) is 6.01. The van der Waals surface area contributed by atoms with Crippen molar-refractivity contribution in [1.29, 1.82) is 0 Å². The van der Waals surface area contributed by atoms with Crippen LogP contribution in [0.5, 0.6) is 0 Å². The van der Waals surface area contributed by atoms with Crippen LogP contribution >= 0.6 is 11.8 Å². The number of amides is 1. The fourth-order valence-corrected chi connectivity index (χ4v) is 2.68. The molecule has 122 valence electrons. The number of H-pyrrole nitrogens is 1. The molecule has 0 aliphatic rings. The van der Waals surface area contributed by atoms with Crippen LogP contribution in [0, 0.1) is 0 Å². The number of hydrazone groups is 1. The van der Waals surface area contributed by atoms with Gasteiger partial charge in [-0.2, -0.15) is 5.10 Å². The molecule has 0 spiro atoms. The second-order valence-electron chi connectivity index (χ2n) is 5.04. The normalized spacial score (nSPS) is 12.1. The van der Waals surface area contributed by atoms with E-state index in [9.17, 15) is 4.79 Å². The van der Waals surface area contributed by atoms with Gasteiger partial charge in [-0.15, -0.1) is 0 Å². The number of nitrogens with one attached hydrogen (secondary N) is 2. The van der Waals surface area contributed by atoms with Crippen LogP contribution < -0.4 is 5.43 Å². The highest BCUT2D eigenvalue weighted by molar-refractivity contribution is 7.99. The predicted molar refractivity (Wildman–Crippen MR) is 95.8 cm³/mol. The largest absolute Gasteiger partial charge is 0.465 e. The Bertz CT molecular complexity index is 848. The number of fused-ring (bicyclic) bond motifs is 1. The summed E-state index contributed by atoms with van der Waals surface area (Å²) in [7, 11) is 0. The number of para-hydroxylation sites is 2. The molecular weight excluding hydrogens is 324 g/mol. The number of rotatable bonds is 6. The molecule has 0 saturated carbocycles. The average molecular weight is 340 g/mol. The molecule has 0 bridgehead atoms. The predicted octanol–water partition coefficient (Wildman–Crippen LogP) is 3.45. The van der Waals surface area contributed by atoms with Gasteiger partial charge in [0.25, 0.3) is 5.91 Å². The number of aromatic nitrogens is 2. The van der Waals surface area contributed by atoms with Crippen LogP contribution in [0.25, 0.3) is 17.1 Å². The van der Waals surface area contributed by atoms with Crippen LogP contribution in [0.3, 0.4) is 0 Å². The highest BCUT2D eigenvalue weighted by atomic mass is 32.2. The van der Waals surface area contributed by atoms with Crippen molar-refractivity contribution in [1.82, 2.24) is 15.4 Å². The number of furan rings is 1. The number of carbonyl (C=O) groups is 1. The van der Waals surface area contributed by atoms with Crippen LogP contribution in [0.4, 0.5) is 0 Å². The van der Waals surface area contributed by atoms with Gasteiger partial charge in [0.2, 0.25) is 0 Å². The maximum atomic E-state index is 11.8. The van der Waals surface area contributed by atoms with Crippen molar-refractivity contribution in [2.45, 2.75) is 12.1 Å². The number of hydrogen-bond acceptors (Lipinski definition) is 5.